The molecule has 4 aliphatic rings. The van der Waals surface area contributed by atoms with Crippen molar-refractivity contribution in [2.24, 2.45) is 11.8 Å². The van der Waals surface area contributed by atoms with Crippen LogP contribution >= 0.6 is 23.5 Å². The maximum atomic E-state index is 2.41. The fourth-order valence-corrected chi connectivity index (χ4v) is 19.4. The molecule has 2 heterocycles. The van der Waals surface area contributed by atoms with Crippen LogP contribution in [0.4, 0.5) is 0 Å². The average molecular weight is 580 g/mol. The molecule has 0 aromatic rings. The predicted octanol–water partition coefficient (Wildman–Crippen LogP) is 5.67. The normalized spacial score (nSPS) is 45.4. The number of hydrogen-bond acceptors (Lipinski definition) is 2. The summed E-state index contributed by atoms with van der Waals surface area (Å²) in [4.78, 5) is 0. The Morgan fingerprint density at radius 3 is 1.48 bits per heavy atom. The van der Waals surface area contributed by atoms with Crippen molar-refractivity contribution in [3.8, 4) is 0 Å². The second kappa shape index (κ2) is 8.53. The summed E-state index contributed by atoms with van der Waals surface area (Å²) < 4.78 is 5.05. The third kappa shape index (κ3) is 4.77. The van der Waals surface area contributed by atoms with E-state index in [4.69, 9.17) is 0 Å². The van der Waals surface area contributed by atoms with Gasteiger partial charge in [0.05, 0.1) is 0 Å². The Morgan fingerprint density at radius 2 is 1.13 bits per heavy atom. The van der Waals surface area contributed by atoms with E-state index in [1.807, 2.05) is 0 Å². The summed E-state index contributed by atoms with van der Waals surface area (Å²) in [5.74, 6) is 5.21. The first-order valence-corrected chi connectivity index (χ1v) is 17.4. The van der Waals surface area contributed by atoms with Crippen LogP contribution in [0.25, 0.3) is 0 Å². The third-order valence-corrected chi connectivity index (χ3v) is 21.0. The van der Waals surface area contributed by atoms with Gasteiger partial charge in [0.1, 0.15) is 0 Å². The van der Waals surface area contributed by atoms with Gasteiger partial charge in [-0.25, -0.2) is 0 Å². The zero-order valence-corrected chi connectivity index (χ0v) is 20.7. The maximum absolute atomic E-state index is 2.41. The summed E-state index contributed by atoms with van der Waals surface area (Å²) in [6.07, 6.45) is 17.6. The van der Waals surface area contributed by atoms with E-state index < -0.39 is 0 Å². The Bertz CT molecular complexity index is 333. The van der Waals surface area contributed by atoms with E-state index in [9.17, 15) is 0 Å². The zero-order chi connectivity index (χ0) is 15.6. The number of rotatable bonds is 2. The molecule has 0 atom stereocenters. The van der Waals surface area contributed by atoms with Crippen LogP contribution in [0.15, 0.2) is 0 Å². The first-order chi connectivity index (χ1) is 11.3. The molecule has 2 saturated carbocycles. The van der Waals surface area contributed by atoms with Gasteiger partial charge in [0, 0.05) is 0 Å². The molecule has 2 saturated heterocycles. The Hall–Kier alpha value is 2.28. The Balaban J connectivity index is 1.21. The van der Waals surface area contributed by atoms with Gasteiger partial charge in [0.15, 0.2) is 0 Å². The topological polar surface area (TPSA) is 0 Å². The molecular weight excluding hydrogens is 548 g/mol. The van der Waals surface area contributed by atoms with Crippen molar-refractivity contribution >= 4 is 65.4 Å². The van der Waals surface area contributed by atoms with Crippen LogP contribution in [-0.4, -0.2) is 58.9 Å². The quantitative estimate of drug-likeness (QED) is 0.387. The molecule has 2 spiro atoms. The van der Waals surface area contributed by atoms with Crippen molar-refractivity contribution < 1.29 is 0 Å². The van der Waals surface area contributed by atoms with Gasteiger partial charge in [0.25, 0.3) is 0 Å². The van der Waals surface area contributed by atoms with Crippen LogP contribution in [0.3, 0.4) is 0 Å². The van der Waals surface area contributed by atoms with Crippen LogP contribution in [0, 0.1) is 11.8 Å². The average Bonchev–Trinajstić information content (AvgIpc) is 2.61. The van der Waals surface area contributed by atoms with Crippen molar-refractivity contribution in [1.29, 1.82) is 0 Å². The van der Waals surface area contributed by atoms with Gasteiger partial charge in [-0.15, -0.1) is 0 Å². The molecular formula is C19H32S2Te2. The molecule has 0 N–H and O–H groups in total. The van der Waals surface area contributed by atoms with Crippen molar-refractivity contribution in [2.45, 2.75) is 85.2 Å². The summed E-state index contributed by atoms with van der Waals surface area (Å²) in [5, 5.41) is 0. The van der Waals surface area contributed by atoms with Crippen molar-refractivity contribution in [1.82, 2.24) is 0 Å². The first-order valence-electron chi connectivity index (χ1n) is 9.83. The summed E-state index contributed by atoms with van der Waals surface area (Å²) in [5.41, 5.74) is 0. The van der Waals surface area contributed by atoms with Crippen LogP contribution in [0.2, 0.25) is 8.94 Å². The Labute approximate surface area is 172 Å². The van der Waals surface area contributed by atoms with Crippen molar-refractivity contribution in [2.75, 3.05) is 11.5 Å². The van der Waals surface area contributed by atoms with Gasteiger partial charge in [0.2, 0.25) is 0 Å². The summed E-state index contributed by atoms with van der Waals surface area (Å²) in [6, 6.07) is 0. The monoisotopic (exact) mass is 584 g/mol. The SMILES string of the molecule is C1CSC2(CCC(CC3CCC4(CC3)SCCC[Te]4)CC2)[Te]C1. The molecule has 0 aromatic carbocycles. The summed E-state index contributed by atoms with van der Waals surface area (Å²) in [7, 11) is 0. The number of thioether (sulfide) groups is 2. The molecule has 4 fully saturated rings. The first kappa shape index (κ1) is 18.6. The van der Waals surface area contributed by atoms with Gasteiger partial charge < -0.3 is 0 Å². The van der Waals surface area contributed by atoms with Gasteiger partial charge in [-0.1, -0.05) is 0 Å². The molecule has 132 valence electrons. The van der Waals surface area contributed by atoms with E-state index in [1.165, 1.54) is 11.5 Å². The van der Waals surface area contributed by atoms with E-state index in [1.54, 1.807) is 79.6 Å². The van der Waals surface area contributed by atoms with Gasteiger partial charge >= 0.3 is 174 Å². The zero-order valence-electron chi connectivity index (χ0n) is 14.4. The molecule has 0 amide bonds. The predicted molar refractivity (Wildman–Crippen MR) is 109 cm³/mol. The second-order valence-corrected chi connectivity index (χ2v) is 21.1. The van der Waals surface area contributed by atoms with Crippen molar-refractivity contribution in [3.63, 3.8) is 0 Å². The third-order valence-electron chi connectivity index (χ3n) is 6.44. The molecule has 23 heavy (non-hydrogen) atoms. The molecule has 0 aromatic heterocycles. The molecule has 2 aliphatic heterocycles. The van der Waals surface area contributed by atoms with Crippen LogP contribution in [-0.2, 0) is 0 Å². The van der Waals surface area contributed by atoms with E-state index in [0.717, 1.165) is 17.4 Å². The molecule has 4 rings (SSSR count). The second-order valence-electron chi connectivity index (χ2n) is 8.04. The standard InChI is InChI=1S/C19H32S2Te2/c1-11-20-18(22-13-1)7-3-16(4-8-18)15-17-5-9-19(10-6-17)21-12-2-14-23-19/h16-17H,1-15H2. The summed E-state index contributed by atoms with van der Waals surface area (Å²) >= 11 is 5.48. The van der Waals surface area contributed by atoms with Crippen LogP contribution in [0.1, 0.15) is 70.6 Å². The van der Waals surface area contributed by atoms with Gasteiger partial charge in [-0.2, -0.15) is 0 Å². The van der Waals surface area contributed by atoms with Crippen LogP contribution in [0.5, 0.6) is 0 Å². The van der Waals surface area contributed by atoms with Gasteiger partial charge in [-0.05, 0) is 0 Å². The minimum atomic E-state index is 0.332. The van der Waals surface area contributed by atoms with Crippen molar-refractivity contribution in [3.05, 3.63) is 0 Å². The molecule has 2 aliphatic carbocycles. The Kier molecular flexibility index (Phi) is 6.91. The van der Waals surface area contributed by atoms with E-state index in [2.05, 4.69) is 23.5 Å². The van der Waals surface area contributed by atoms with Crippen LogP contribution < -0.4 is 0 Å². The fraction of sp³-hybridized carbons (Fsp3) is 1.00. The molecule has 0 bridgehead atoms. The summed E-state index contributed by atoms with van der Waals surface area (Å²) in [6.45, 7) is 0. The van der Waals surface area contributed by atoms with E-state index in [0.29, 0.717) is 41.8 Å². The molecule has 0 nitrogen and oxygen atoms in total. The van der Waals surface area contributed by atoms with E-state index in [-0.39, 0.29) is 0 Å². The number of hydrogen-bond donors (Lipinski definition) is 0. The fourth-order valence-electron chi connectivity index (χ4n) is 4.99. The molecule has 0 unspecified atom stereocenters. The molecule has 0 radical (unpaired) electrons. The van der Waals surface area contributed by atoms with E-state index >= 15 is 0 Å². The Morgan fingerprint density at radius 1 is 0.696 bits per heavy atom. The minimum absolute atomic E-state index is 0.332. The van der Waals surface area contributed by atoms with Gasteiger partial charge in [-0.3, -0.25) is 0 Å². The molecule has 4 heteroatoms.